The quantitative estimate of drug-likeness (QED) is 0.621. The number of hydrogen-bond donors (Lipinski definition) is 1. The maximum Gasteiger partial charge on any atom is 0.155 e. The maximum atomic E-state index is 9.38. The molecule has 4 rings (SSSR count). The number of benzene rings is 1. The molecule has 1 aromatic carbocycles. The number of halogens is 1. The molecule has 4 aromatic rings. The van der Waals surface area contributed by atoms with Crippen molar-refractivity contribution in [2.24, 2.45) is 0 Å². The van der Waals surface area contributed by atoms with Crippen molar-refractivity contribution in [2.75, 3.05) is 5.32 Å². The SMILES string of the molecule is N#Cc1cc(NCc2ccnc3ccnn23)nc2ccc(Cl)cc12. The molecule has 0 aliphatic carbocycles. The topological polar surface area (TPSA) is 78.9 Å². The fourth-order valence-electron chi connectivity index (χ4n) is 2.58. The number of pyridine rings is 1. The number of fused-ring (bicyclic) bond motifs is 2. The van der Waals surface area contributed by atoms with Crippen LogP contribution in [0.1, 0.15) is 11.3 Å². The molecule has 0 amide bonds. The van der Waals surface area contributed by atoms with Gasteiger partial charge < -0.3 is 5.32 Å². The van der Waals surface area contributed by atoms with Crippen LogP contribution < -0.4 is 5.32 Å². The summed E-state index contributed by atoms with van der Waals surface area (Å²) in [4.78, 5) is 8.78. The Morgan fingerprint density at radius 3 is 2.96 bits per heavy atom. The van der Waals surface area contributed by atoms with E-state index in [-0.39, 0.29) is 0 Å². The van der Waals surface area contributed by atoms with Crippen LogP contribution in [0.2, 0.25) is 5.02 Å². The number of aromatic nitrogens is 4. The van der Waals surface area contributed by atoms with E-state index in [0.717, 1.165) is 22.2 Å². The van der Waals surface area contributed by atoms with Gasteiger partial charge in [0.1, 0.15) is 5.82 Å². The summed E-state index contributed by atoms with van der Waals surface area (Å²) >= 11 is 6.00. The molecule has 116 valence electrons. The fraction of sp³-hybridized carbons (Fsp3) is 0.0588. The van der Waals surface area contributed by atoms with E-state index < -0.39 is 0 Å². The summed E-state index contributed by atoms with van der Waals surface area (Å²) in [7, 11) is 0. The third-order valence-corrected chi connectivity index (χ3v) is 3.95. The Hall–Kier alpha value is -3.17. The van der Waals surface area contributed by atoms with Gasteiger partial charge in [-0.1, -0.05) is 11.6 Å². The first kappa shape index (κ1) is 14.4. The van der Waals surface area contributed by atoms with E-state index in [4.69, 9.17) is 11.6 Å². The molecule has 1 N–H and O–H groups in total. The van der Waals surface area contributed by atoms with Gasteiger partial charge in [-0.05, 0) is 30.3 Å². The monoisotopic (exact) mass is 334 g/mol. The minimum absolute atomic E-state index is 0.512. The molecule has 3 heterocycles. The van der Waals surface area contributed by atoms with Crippen LogP contribution in [-0.2, 0) is 6.54 Å². The molecule has 0 spiro atoms. The minimum atomic E-state index is 0.512. The van der Waals surface area contributed by atoms with E-state index in [1.807, 2.05) is 18.2 Å². The predicted molar refractivity (Wildman–Crippen MR) is 91.8 cm³/mol. The van der Waals surface area contributed by atoms with E-state index >= 15 is 0 Å². The molecule has 0 saturated heterocycles. The van der Waals surface area contributed by atoms with Crippen LogP contribution in [0.5, 0.6) is 0 Å². The summed E-state index contributed by atoms with van der Waals surface area (Å²) in [5.74, 6) is 0.624. The lowest BCUT2D eigenvalue weighted by molar-refractivity contribution is 0.852. The number of nitrogens with zero attached hydrogens (tertiary/aromatic N) is 5. The van der Waals surface area contributed by atoms with Crippen LogP contribution in [-0.4, -0.2) is 19.6 Å². The van der Waals surface area contributed by atoms with E-state index in [2.05, 4.69) is 26.5 Å². The van der Waals surface area contributed by atoms with Crippen molar-refractivity contribution >= 4 is 34.0 Å². The zero-order valence-electron chi connectivity index (χ0n) is 12.4. The smallest absolute Gasteiger partial charge is 0.155 e. The van der Waals surface area contributed by atoms with Crippen LogP contribution in [0.25, 0.3) is 16.6 Å². The van der Waals surface area contributed by atoms with E-state index in [1.54, 1.807) is 35.1 Å². The van der Waals surface area contributed by atoms with E-state index in [9.17, 15) is 5.26 Å². The molecule has 6 nitrogen and oxygen atoms in total. The number of hydrogen-bond acceptors (Lipinski definition) is 5. The van der Waals surface area contributed by atoms with Crippen molar-refractivity contribution in [2.45, 2.75) is 6.54 Å². The Balaban J connectivity index is 1.69. The molecule has 0 bridgehead atoms. The van der Waals surface area contributed by atoms with Crippen molar-refractivity contribution in [3.8, 4) is 6.07 Å². The highest BCUT2D eigenvalue weighted by Crippen LogP contribution is 2.24. The van der Waals surface area contributed by atoms with Gasteiger partial charge in [0.05, 0.1) is 35.6 Å². The summed E-state index contributed by atoms with van der Waals surface area (Å²) < 4.78 is 1.76. The summed E-state index contributed by atoms with van der Waals surface area (Å²) in [5, 5.41) is 18.2. The Labute approximate surface area is 142 Å². The van der Waals surface area contributed by atoms with Gasteiger partial charge in [0, 0.05) is 22.7 Å². The van der Waals surface area contributed by atoms with Crippen molar-refractivity contribution in [3.05, 3.63) is 65.1 Å². The zero-order valence-corrected chi connectivity index (χ0v) is 13.2. The van der Waals surface area contributed by atoms with Crippen LogP contribution in [0.3, 0.4) is 0 Å². The van der Waals surface area contributed by atoms with E-state index in [1.165, 1.54) is 0 Å². The second-order valence-electron chi connectivity index (χ2n) is 5.22. The minimum Gasteiger partial charge on any atom is -0.364 e. The predicted octanol–water partition coefficient (Wildman–Crippen LogP) is 3.41. The first-order chi connectivity index (χ1) is 11.7. The summed E-state index contributed by atoms with van der Waals surface area (Å²) in [6, 6.07) is 13.0. The Morgan fingerprint density at radius 1 is 1.17 bits per heavy atom. The Kier molecular flexibility index (Phi) is 3.48. The Morgan fingerprint density at radius 2 is 2.08 bits per heavy atom. The second kappa shape index (κ2) is 5.80. The lowest BCUT2D eigenvalue weighted by atomic mass is 10.1. The molecule has 24 heavy (non-hydrogen) atoms. The van der Waals surface area contributed by atoms with Gasteiger partial charge in [-0.2, -0.15) is 10.4 Å². The van der Waals surface area contributed by atoms with Gasteiger partial charge in [0.25, 0.3) is 0 Å². The van der Waals surface area contributed by atoms with Crippen LogP contribution in [0, 0.1) is 11.3 Å². The normalized spacial score (nSPS) is 10.8. The van der Waals surface area contributed by atoms with Gasteiger partial charge in [-0.25, -0.2) is 14.5 Å². The lowest BCUT2D eigenvalue weighted by Crippen LogP contribution is -2.07. The molecular formula is C17H11ClN6. The molecular weight excluding hydrogens is 324 g/mol. The van der Waals surface area contributed by atoms with Crippen molar-refractivity contribution < 1.29 is 0 Å². The molecule has 0 aliphatic rings. The highest BCUT2D eigenvalue weighted by molar-refractivity contribution is 6.31. The van der Waals surface area contributed by atoms with Gasteiger partial charge in [-0.3, -0.25) is 0 Å². The lowest BCUT2D eigenvalue weighted by Gasteiger charge is -2.09. The van der Waals surface area contributed by atoms with Gasteiger partial charge in [-0.15, -0.1) is 0 Å². The first-order valence-corrected chi connectivity index (χ1v) is 7.64. The number of rotatable bonds is 3. The van der Waals surface area contributed by atoms with E-state index in [0.29, 0.717) is 22.9 Å². The highest BCUT2D eigenvalue weighted by atomic mass is 35.5. The Bertz CT molecular complexity index is 1100. The maximum absolute atomic E-state index is 9.38. The summed E-state index contributed by atoms with van der Waals surface area (Å²) in [5.41, 5.74) is 2.98. The third-order valence-electron chi connectivity index (χ3n) is 3.71. The largest absolute Gasteiger partial charge is 0.364 e. The molecule has 7 heteroatoms. The molecule has 0 aliphatic heterocycles. The summed E-state index contributed by atoms with van der Waals surface area (Å²) in [6.45, 7) is 0.512. The fourth-order valence-corrected chi connectivity index (χ4v) is 2.75. The first-order valence-electron chi connectivity index (χ1n) is 7.26. The van der Waals surface area contributed by atoms with Crippen molar-refractivity contribution in [1.82, 2.24) is 19.6 Å². The average Bonchev–Trinajstić information content (AvgIpc) is 3.08. The molecule has 0 unspecified atom stereocenters. The molecule has 0 atom stereocenters. The van der Waals surface area contributed by atoms with Gasteiger partial charge in [0.15, 0.2) is 5.65 Å². The average molecular weight is 335 g/mol. The standard InChI is InChI=1S/C17H11ClN6/c18-12-1-2-15-14(8-12)11(9-19)7-16(23-15)21-10-13-3-5-20-17-4-6-22-24(13)17/h1-8H,10H2,(H,21,23). The number of nitrogens with one attached hydrogen (secondary N) is 1. The van der Waals surface area contributed by atoms with Crippen LogP contribution >= 0.6 is 11.6 Å². The second-order valence-corrected chi connectivity index (χ2v) is 5.66. The van der Waals surface area contributed by atoms with Crippen molar-refractivity contribution in [3.63, 3.8) is 0 Å². The summed E-state index contributed by atoms with van der Waals surface area (Å²) in [6.07, 6.45) is 3.45. The molecule has 0 fully saturated rings. The van der Waals surface area contributed by atoms with Crippen LogP contribution in [0.4, 0.5) is 5.82 Å². The van der Waals surface area contributed by atoms with Crippen LogP contribution in [0.15, 0.2) is 48.8 Å². The number of nitriles is 1. The molecule has 0 saturated carbocycles. The highest BCUT2D eigenvalue weighted by Gasteiger charge is 2.07. The van der Waals surface area contributed by atoms with Crippen molar-refractivity contribution in [1.29, 1.82) is 5.26 Å². The third kappa shape index (κ3) is 2.51. The zero-order chi connectivity index (χ0) is 16.5. The molecule has 0 radical (unpaired) electrons. The molecule has 3 aromatic heterocycles. The van der Waals surface area contributed by atoms with Gasteiger partial charge >= 0.3 is 0 Å². The number of anilines is 1. The van der Waals surface area contributed by atoms with Gasteiger partial charge in [0.2, 0.25) is 0 Å².